The molecule has 1 amide bonds. The first-order valence-corrected chi connectivity index (χ1v) is 7.51. The molecule has 2 atom stereocenters. The van der Waals surface area contributed by atoms with Crippen LogP contribution in [0.4, 0.5) is 0 Å². The molecule has 4 heteroatoms. The van der Waals surface area contributed by atoms with E-state index in [9.17, 15) is 4.79 Å². The summed E-state index contributed by atoms with van der Waals surface area (Å²) in [6.45, 7) is 13.0. The van der Waals surface area contributed by atoms with E-state index < -0.39 is 0 Å². The van der Waals surface area contributed by atoms with Crippen LogP contribution in [-0.2, 0) is 4.79 Å². The average Bonchev–Trinajstić information content (AvgIpc) is 2.28. The highest BCUT2D eigenvalue weighted by Crippen LogP contribution is 2.07. The Kier molecular flexibility index (Phi) is 9.02. The van der Waals surface area contributed by atoms with Crippen LogP contribution in [0, 0.1) is 5.92 Å². The minimum absolute atomic E-state index is 0.108. The zero-order chi connectivity index (χ0) is 15.0. The molecule has 1 N–H and O–H groups in total. The highest BCUT2D eigenvalue weighted by molar-refractivity contribution is 5.81. The van der Waals surface area contributed by atoms with E-state index in [0.29, 0.717) is 12.0 Å². The zero-order valence-electron chi connectivity index (χ0n) is 13.9. The van der Waals surface area contributed by atoms with Crippen molar-refractivity contribution in [3.63, 3.8) is 0 Å². The second-order valence-corrected chi connectivity index (χ2v) is 5.99. The van der Waals surface area contributed by atoms with Crippen LogP contribution in [0.2, 0.25) is 0 Å². The Bertz CT molecular complexity index is 240. The lowest BCUT2D eigenvalue weighted by Gasteiger charge is -2.29. The van der Waals surface area contributed by atoms with Gasteiger partial charge in [0.1, 0.15) is 0 Å². The maximum absolute atomic E-state index is 12.3. The molecule has 0 aliphatic carbocycles. The molecule has 0 rings (SSSR count). The summed E-state index contributed by atoms with van der Waals surface area (Å²) in [6.07, 6.45) is 1.09. The summed E-state index contributed by atoms with van der Waals surface area (Å²) in [7, 11) is 4.15. The number of rotatable bonds is 9. The summed E-state index contributed by atoms with van der Waals surface area (Å²) >= 11 is 0. The average molecular weight is 271 g/mol. The van der Waals surface area contributed by atoms with Gasteiger partial charge < -0.3 is 15.1 Å². The molecule has 0 spiro atoms. The molecule has 114 valence electrons. The van der Waals surface area contributed by atoms with Gasteiger partial charge in [-0.15, -0.1) is 0 Å². The van der Waals surface area contributed by atoms with Gasteiger partial charge in [-0.3, -0.25) is 4.79 Å². The molecule has 0 aromatic heterocycles. The molecule has 0 fully saturated rings. The number of hydrogen-bond donors (Lipinski definition) is 1. The van der Waals surface area contributed by atoms with E-state index in [-0.39, 0.29) is 11.9 Å². The Morgan fingerprint density at radius 1 is 1.11 bits per heavy atom. The van der Waals surface area contributed by atoms with E-state index in [1.807, 2.05) is 25.7 Å². The molecular weight excluding hydrogens is 238 g/mol. The van der Waals surface area contributed by atoms with Crippen molar-refractivity contribution in [2.75, 3.05) is 33.7 Å². The van der Waals surface area contributed by atoms with Crippen molar-refractivity contribution in [3.8, 4) is 0 Å². The molecule has 0 bridgehead atoms. The van der Waals surface area contributed by atoms with Gasteiger partial charge in [0.05, 0.1) is 6.04 Å². The van der Waals surface area contributed by atoms with Gasteiger partial charge in [-0.1, -0.05) is 13.8 Å². The number of nitrogens with one attached hydrogen (secondary N) is 1. The number of carbonyl (C=O) groups excluding carboxylic acids is 1. The fraction of sp³-hybridized carbons (Fsp3) is 0.933. The highest BCUT2D eigenvalue weighted by atomic mass is 16.2. The van der Waals surface area contributed by atoms with Crippen molar-refractivity contribution in [3.05, 3.63) is 0 Å². The lowest BCUT2D eigenvalue weighted by molar-refractivity contribution is -0.132. The Balaban J connectivity index is 4.51. The number of nitrogens with zero attached hydrogens (tertiary/aromatic N) is 2. The fourth-order valence-corrected chi connectivity index (χ4v) is 2.44. The van der Waals surface area contributed by atoms with Gasteiger partial charge in [0.25, 0.3) is 0 Å². The van der Waals surface area contributed by atoms with E-state index in [4.69, 9.17) is 0 Å². The predicted molar refractivity (Wildman–Crippen MR) is 82.3 cm³/mol. The Labute approximate surface area is 119 Å². The van der Waals surface area contributed by atoms with Gasteiger partial charge in [-0.25, -0.2) is 0 Å². The van der Waals surface area contributed by atoms with E-state index in [2.05, 4.69) is 38.2 Å². The van der Waals surface area contributed by atoms with E-state index in [0.717, 1.165) is 26.1 Å². The van der Waals surface area contributed by atoms with Gasteiger partial charge >= 0.3 is 0 Å². The minimum Gasteiger partial charge on any atom is -0.342 e. The number of carbonyl (C=O) groups is 1. The van der Waals surface area contributed by atoms with E-state index >= 15 is 0 Å². The second-order valence-electron chi connectivity index (χ2n) is 5.99. The SMILES string of the molecule is CCN(CC)C(=O)C(C)NC(CC(C)C)CN(C)C. The molecule has 0 aromatic carbocycles. The maximum Gasteiger partial charge on any atom is 0.239 e. The zero-order valence-corrected chi connectivity index (χ0v) is 13.9. The summed E-state index contributed by atoms with van der Waals surface area (Å²) in [6, 6.07) is 0.258. The molecule has 2 unspecified atom stereocenters. The van der Waals surface area contributed by atoms with Crippen LogP contribution >= 0.6 is 0 Å². The van der Waals surface area contributed by atoms with Crippen LogP contribution in [0.15, 0.2) is 0 Å². The lowest BCUT2D eigenvalue weighted by atomic mass is 10.0. The largest absolute Gasteiger partial charge is 0.342 e. The van der Waals surface area contributed by atoms with Gasteiger partial charge in [-0.2, -0.15) is 0 Å². The first-order valence-electron chi connectivity index (χ1n) is 7.51. The summed E-state index contributed by atoms with van der Waals surface area (Å²) in [4.78, 5) is 16.3. The predicted octanol–water partition coefficient (Wildman–Crippen LogP) is 1.81. The van der Waals surface area contributed by atoms with Crippen LogP contribution in [0.1, 0.15) is 41.0 Å². The van der Waals surface area contributed by atoms with Crippen molar-refractivity contribution >= 4 is 5.91 Å². The minimum atomic E-state index is -0.108. The molecule has 0 heterocycles. The Morgan fingerprint density at radius 2 is 1.63 bits per heavy atom. The van der Waals surface area contributed by atoms with Gasteiger partial charge in [0.2, 0.25) is 5.91 Å². The highest BCUT2D eigenvalue weighted by Gasteiger charge is 2.22. The van der Waals surface area contributed by atoms with Crippen LogP contribution in [0.5, 0.6) is 0 Å². The molecule has 0 saturated heterocycles. The van der Waals surface area contributed by atoms with Crippen molar-refractivity contribution in [1.29, 1.82) is 0 Å². The molecule has 0 aromatic rings. The molecule has 0 aliphatic rings. The summed E-state index contributed by atoms with van der Waals surface area (Å²) in [5.41, 5.74) is 0. The van der Waals surface area contributed by atoms with Crippen molar-refractivity contribution < 1.29 is 4.79 Å². The summed E-state index contributed by atoms with van der Waals surface area (Å²) in [5.74, 6) is 0.839. The monoisotopic (exact) mass is 271 g/mol. The quantitative estimate of drug-likeness (QED) is 0.695. The lowest BCUT2D eigenvalue weighted by Crippen LogP contribution is -2.51. The molecular formula is C15H33N3O. The first-order chi connectivity index (χ1) is 8.81. The van der Waals surface area contributed by atoms with E-state index in [1.165, 1.54) is 0 Å². The Morgan fingerprint density at radius 3 is 2.00 bits per heavy atom. The van der Waals surface area contributed by atoms with Crippen molar-refractivity contribution in [2.45, 2.75) is 53.1 Å². The fourth-order valence-electron chi connectivity index (χ4n) is 2.44. The first kappa shape index (κ1) is 18.4. The molecule has 4 nitrogen and oxygen atoms in total. The third-order valence-electron chi connectivity index (χ3n) is 3.27. The van der Waals surface area contributed by atoms with Crippen LogP contribution in [0.3, 0.4) is 0 Å². The standard InChI is InChI=1S/C15H33N3O/c1-8-18(9-2)15(19)13(5)16-14(10-12(3)4)11-17(6)7/h12-14,16H,8-11H2,1-7H3. The van der Waals surface area contributed by atoms with Crippen LogP contribution < -0.4 is 5.32 Å². The summed E-state index contributed by atoms with van der Waals surface area (Å²) < 4.78 is 0. The summed E-state index contributed by atoms with van der Waals surface area (Å²) in [5, 5.41) is 3.50. The normalized spacial score (nSPS) is 14.8. The topological polar surface area (TPSA) is 35.6 Å². The van der Waals surface area contributed by atoms with Gasteiger partial charge in [-0.05, 0) is 47.2 Å². The van der Waals surface area contributed by atoms with Crippen LogP contribution in [0.25, 0.3) is 0 Å². The number of hydrogen-bond acceptors (Lipinski definition) is 3. The van der Waals surface area contributed by atoms with Gasteiger partial charge in [0.15, 0.2) is 0 Å². The van der Waals surface area contributed by atoms with Crippen LogP contribution in [-0.4, -0.2) is 61.5 Å². The number of likely N-dealkylation sites (N-methyl/N-ethyl adjacent to an activating group) is 2. The third kappa shape index (κ3) is 7.53. The Hall–Kier alpha value is -0.610. The second kappa shape index (κ2) is 9.32. The van der Waals surface area contributed by atoms with Crippen molar-refractivity contribution in [2.24, 2.45) is 5.92 Å². The van der Waals surface area contributed by atoms with Gasteiger partial charge in [0, 0.05) is 25.7 Å². The number of amides is 1. The molecule has 0 radical (unpaired) electrons. The maximum atomic E-state index is 12.3. The van der Waals surface area contributed by atoms with Crippen molar-refractivity contribution in [1.82, 2.24) is 15.1 Å². The smallest absolute Gasteiger partial charge is 0.239 e. The molecule has 0 saturated carbocycles. The third-order valence-corrected chi connectivity index (χ3v) is 3.27. The molecule has 19 heavy (non-hydrogen) atoms. The molecule has 0 aliphatic heterocycles. The van der Waals surface area contributed by atoms with E-state index in [1.54, 1.807) is 0 Å².